The van der Waals surface area contributed by atoms with E-state index in [1.54, 1.807) is 0 Å². The molecule has 5 nitrogen and oxygen atoms in total. The minimum absolute atomic E-state index is 0.207. The van der Waals surface area contributed by atoms with Gasteiger partial charge in [-0.3, -0.25) is 4.79 Å². The topological polar surface area (TPSA) is 70.0 Å². The van der Waals surface area contributed by atoms with Gasteiger partial charge in [0.1, 0.15) is 6.04 Å². The van der Waals surface area contributed by atoms with Crippen molar-refractivity contribution >= 4 is 5.97 Å². The van der Waals surface area contributed by atoms with E-state index in [1.165, 1.54) is 0 Å². The van der Waals surface area contributed by atoms with E-state index >= 15 is 0 Å². The average molecular weight is 203 g/mol. The summed E-state index contributed by atoms with van der Waals surface area (Å²) >= 11 is 0. The summed E-state index contributed by atoms with van der Waals surface area (Å²) in [6.45, 7) is 5.97. The van der Waals surface area contributed by atoms with Crippen molar-refractivity contribution < 1.29 is 19.8 Å². The minimum Gasteiger partial charge on any atom is -0.480 e. The lowest BCUT2D eigenvalue weighted by Gasteiger charge is -2.24. The lowest BCUT2D eigenvalue weighted by molar-refractivity contribution is -0.162. The van der Waals surface area contributed by atoms with Gasteiger partial charge in [0.25, 0.3) is 0 Å². The fraction of sp³-hybridized carbons (Fsp3) is 0.889. The maximum absolute atomic E-state index is 10.7. The Balaban J connectivity index is 2.51. The maximum Gasteiger partial charge on any atom is 0.323 e. The highest BCUT2D eigenvalue weighted by molar-refractivity contribution is 5.73. The fourth-order valence-corrected chi connectivity index (χ4v) is 1.59. The van der Waals surface area contributed by atoms with E-state index in [0.717, 1.165) is 5.06 Å². The standard InChI is InChI=1S/C9H17NO4/c1-9(2,3)14-6-4-7(8(11)12)10(13)5-6/h6-7,13H,4-5H2,1-3H3,(H,11,12)/t6?,7-/m0/s1. The zero-order chi connectivity index (χ0) is 10.9. The van der Waals surface area contributed by atoms with Gasteiger partial charge in [0.05, 0.1) is 18.2 Å². The number of aliphatic carboxylic acids is 1. The van der Waals surface area contributed by atoms with Crippen LogP contribution in [0.25, 0.3) is 0 Å². The van der Waals surface area contributed by atoms with Gasteiger partial charge < -0.3 is 15.1 Å². The predicted molar refractivity (Wildman–Crippen MR) is 49.2 cm³/mol. The Morgan fingerprint density at radius 2 is 2.07 bits per heavy atom. The van der Waals surface area contributed by atoms with Crippen molar-refractivity contribution in [1.29, 1.82) is 0 Å². The molecule has 1 saturated heterocycles. The highest BCUT2D eigenvalue weighted by atomic mass is 16.5. The largest absolute Gasteiger partial charge is 0.480 e. The second-order valence-corrected chi connectivity index (χ2v) is 4.56. The molecule has 0 bridgehead atoms. The first-order chi connectivity index (χ1) is 6.29. The Hall–Kier alpha value is -0.650. The van der Waals surface area contributed by atoms with Crippen molar-refractivity contribution in [2.75, 3.05) is 6.54 Å². The van der Waals surface area contributed by atoms with E-state index in [1.807, 2.05) is 20.8 Å². The first-order valence-electron chi connectivity index (χ1n) is 4.66. The Labute approximate surface area is 83.2 Å². The smallest absolute Gasteiger partial charge is 0.323 e. The van der Waals surface area contributed by atoms with E-state index in [2.05, 4.69) is 0 Å². The summed E-state index contributed by atoms with van der Waals surface area (Å²) in [6, 6.07) is -0.831. The summed E-state index contributed by atoms with van der Waals surface area (Å²) in [5.41, 5.74) is -0.307. The summed E-state index contributed by atoms with van der Waals surface area (Å²) < 4.78 is 5.58. The molecule has 0 aromatic heterocycles. The average Bonchev–Trinajstić information content (AvgIpc) is 2.26. The van der Waals surface area contributed by atoms with E-state index in [-0.39, 0.29) is 18.2 Å². The summed E-state index contributed by atoms with van der Waals surface area (Å²) in [7, 11) is 0. The van der Waals surface area contributed by atoms with Gasteiger partial charge in [-0.25, -0.2) is 0 Å². The lowest BCUT2D eigenvalue weighted by atomic mass is 10.1. The highest BCUT2D eigenvalue weighted by Gasteiger charge is 2.38. The zero-order valence-corrected chi connectivity index (χ0v) is 8.73. The number of hydrogen-bond acceptors (Lipinski definition) is 4. The summed E-state index contributed by atoms with van der Waals surface area (Å²) in [5, 5.41) is 18.9. The van der Waals surface area contributed by atoms with Crippen LogP contribution in [0.3, 0.4) is 0 Å². The first kappa shape index (κ1) is 11.4. The van der Waals surface area contributed by atoms with Crippen molar-refractivity contribution in [1.82, 2.24) is 5.06 Å². The second kappa shape index (κ2) is 3.84. The van der Waals surface area contributed by atoms with E-state index < -0.39 is 12.0 Å². The van der Waals surface area contributed by atoms with Crippen molar-refractivity contribution in [3.8, 4) is 0 Å². The summed E-state index contributed by atoms with van der Waals surface area (Å²) in [5.74, 6) is -1.01. The number of carbonyl (C=O) groups is 1. The van der Waals surface area contributed by atoms with Crippen molar-refractivity contribution in [3.63, 3.8) is 0 Å². The van der Waals surface area contributed by atoms with Gasteiger partial charge in [0.15, 0.2) is 0 Å². The molecule has 1 aliphatic rings. The van der Waals surface area contributed by atoms with Gasteiger partial charge in [-0.2, -0.15) is 5.06 Å². The third-order valence-corrected chi connectivity index (χ3v) is 2.04. The maximum atomic E-state index is 10.7. The normalized spacial score (nSPS) is 29.4. The minimum atomic E-state index is -1.01. The van der Waals surface area contributed by atoms with Crippen LogP contribution in [0.15, 0.2) is 0 Å². The van der Waals surface area contributed by atoms with Crippen LogP contribution in [0.4, 0.5) is 0 Å². The van der Waals surface area contributed by atoms with Gasteiger partial charge in [0, 0.05) is 6.42 Å². The molecule has 5 heteroatoms. The molecule has 0 aromatic carbocycles. The van der Waals surface area contributed by atoms with Crippen LogP contribution in [0.5, 0.6) is 0 Å². The second-order valence-electron chi connectivity index (χ2n) is 4.56. The molecule has 0 radical (unpaired) electrons. The Morgan fingerprint density at radius 1 is 1.50 bits per heavy atom. The van der Waals surface area contributed by atoms with Crippen molar-refractivity contribution in [2.45, 2.75) is 44.9 Å². The molecule has 0 spiro atoms. The molecule has 1 unspecified atom stereocenters. The number of hydrogen-bond donors (Lipinski definition) is 2. The molecule has 1 aliphatic heterocycles. The Morgan fingerprint density at radius 3 is 2.43 bits per heavy atom. The molecule has 1 rings (SSSR count). The van der Waals surface area contributed by atoms with Gasteiger partial charge in [-0.15, -0.1) is 0 Å². The van der Waals surface area contributed by atoms with Crippen LogP contribution >= 0.6 is 0 Å². The SMILES string of the molecule is CC(C)(C)OC1C[C@@H](C(=O)O)N(O)C1. The monoisotopic (exact) mass is 203 g/mol. The molecule has 2 atom stereocenters. The summed E-state index contributed by atoms with van der Waals surface area (Å²) in [6.07, 6.45) is 0.129. The molecular formula is C9H17NO4. The van der Waals surface area contributed by atoms with Crippen molar-refractivity contribution in [3.05, 3.63) is 0 Å². The number of carboxylic acid groups (broad SMARTS) is 1. The quantitative estimate of drug-likeness (QED) is 0.692. The van der Waals surface area contributed by atoms with Crippen LogP contribution in [-0.2, 0) is 9.53 Å². The van der Waals surface area contributed by atoms with Crippen LogP contribution < -0.4 is 0 Å². The highest BCUT2D eigenvalue weighted by Crippen LogP contribution is 2.22. The number of nitrogens with zero attached hydrogens (tertiary/aromatic N) is 1. The molecule has 1 fully saturated rings. The zero-order valence-electron chi connectivity index (χ0n) is 8.73. The van der Waals surface area contributed by atoms with Gasteiger partial charge in [-0.1, -0.05) is 0 Å². The van der Waals surface area contributed by atoms with Gasteiger partial charge >= 0.3 is 5.97 Å². The molecular weight excluding hydrogens is 186 g/mol. The summed E-state index contributed by atoms with van der Waals surface area (Å²) in [4.78, 5) is 10.7. The fourth-order valence-electron chi connectivity index (χ4n) is 1.59. The molecule has 82 valence electrons. The first-order valence-corrected chi connectivity index (χ1v) is 4.66. The molecule has 0 amide bonds. The molecule has 0 aliphatic carbocycles. The number of ether oxygens (including phenoxy) is 1. The molecule has 1 heterocycles. The lowest BCUT2D eigenvalue weighted by Crippen LogP contribution is -2.33. The van der Waals surface area contributed by atoms with Gasteiger partial charge in [0.2, 0.25) is 0 Å². The third-order valence-electron chi connectivity index (χ3n) is 2.04. The Bertz CT molecular complexity index is 223. The molecule has 0 saturated carbocycles. The third kappa shape index (κ3) is 2.94. The van der Waals surface area contributed by atoms with Crippen LogP contribution in [0, 0.1) is 0 Å². The van der Waals surface area contributed by atoms with E-state index in [0.29, 0.717) is 6.42 Å². The van der Waals surface area contributed by atoms with Crippen molar-refractivity contribution in [2.24, 2.45) is 0 Å². The number of hydroxylamine groups is 2. The van der Waals surface area contributed by atoms with E-state index in [4.69, 9.17) is 9.84 Å². The van der Waals surface area contributed by atoms with E-state index in [9.17, 15) is 10.0 Å². The van der Waals surface area contributed by atoms with Gasteiger partial charge in [-0.05, 0) is 20.8 Å². The Kier molecular flexibility index (Phi) is 3.14. The number of rotatable bonds is 2. The molecule has 2 N–H and O–H groups in total. The number of carboxylic acids is 1. The predicted octanol–water partition coefficient (Wildman–Crippen LogP) is 0.718. The molecule has 14 heavy (non-hydrogen) atoms. The van der Waals surface area contributed by atoms with Crippen LogP contribution in [0.1, 0.15) is 27.2 Å². The van der Waals surface area contributed by atoms with Crippen LogP contribution in [0.2, 0.25) is 0 Å². The van der Waals surface area contributed by atoms with Crippen LogP contribution in [-0.4, -0.2) is 45.6 Å². The molecule has 0 aromatic rings.